The first-order valence-corrected chi connectivity index (χ1v) is 12.0. The first kappa shape index (κ1) is 20.2. The maximum Gasteiger partial charge on any atom is 0.0256 e. The van der Waals surface area contributed by atoms with Crippen LogP contribution in [0, 0.1) is 0 Å². The lowest BCUT2D eigenvalue weighted by molar-refractivity contribution is 0.438. The molecule has 2 heteroatoms. The highest BCUT2D eigenvalue weighted by Crippen LogP contribution is 2.43. The predicted molar refractivity (Wildman–Crippen MR) is 129 cm³/mol. The molecule has 0 atom stereocenters. The summed E-state index contributed by atoms with van der Waals surface area (Å²) in [5.74, 6) is 1.39. The zero-order valence-electron chi connectivity index (χ0n) is 16.7. The van der Waals surface area contributed by atoms with Gasteiger partial charge in [0, 0.05) is 9.81 Å². The van der Waals surface area contributed by atoms with Crippen LogP contribution in [-0.2, 0) is 0 Å². The molecule has 0 bridgehead atoms. The van der Waals surface area contributed by atoms with Crippen molar-refractivity contribution in [2.24, 2.45) is 0 Å². The van der Waals surface area contributed by atoms with Gasteiger partial charge in [-0.1, -0.05) is 87.1 Å². The Morgan fingerprint density at radius 3 is 1.89 bits per heavy atom. The van der Waals surface area contributed by atoms with Crippen molar-refractivity contribution >= 4 is 35.1 Å². The third kappa shape index (κ3) is 4.54. The molecule has 2 fully saturated rings. The largest absolute Gasteiger partial charge is 0.142 e. The lowest BCUT2D eigenvalue weighted by atomic mass is 9.79. The normalized spacial score (nSPS) is 20.1. The second-order valence-electron chi connectivity index (χ2n) is 8.58. The minimum absolute atomic E-state index is 0.670. The summed E-state index contributed by atoms with van der Waals surface area (Å²) in [4.78, 5) is 2.02. The molecule has 4 rings (SSSR count). The van der Waals surface area contributed by atoms with Crippen molar-refractivity contribution < 1.29 is 0 Å². The number of rotatable bonds is 4. The van der Waals surface area contributed by atoms with Crippen LogP contribution in [0.15, 0.2) is 48.5 Å². The van der Waals surface area contributed by atoms with Gasteiger partial charge in [0.25, 0.3) is 0 Å². The fourth-order valence-electron chi connectivity index (χ4n) is 5.10. The van der Waals surface area contributed by atoms with Crippen LogP contribution < -0.4 is 0 Å². The molecule has 0 N–H and O–H groups in total. The van der Waals surface area contributed by atoms with Gasteiger partial charge in [0.2, 0.25) is 0 Å². The molecule has 0 spiro atoms. The first-order valence-electron chi connectivity index (χ1n) is 11.1. The maximum atomic E-state index is 5.03. The Morgan fingerprint density at radius 2 is 1.25 bits per heavy atom. The number of thiol groups is 2. The van der Waals surface area contributed by atoms with Gasteiger partial charge in [-0.3, -0.25) is 0 Å². The second kappa shape index (κ2) is 9.59. The van der Waals surface area contributed by atoms with Gasteiger partial charge < -0.3 is 0 Å². The highest BCUT2D eigenvalue weighted by Gasteiger charge is 2.23. The number of hydrogen-bond acceptors (Lipinski definition) is 2. The lowest BCUT2D eigenvalue weighted by Crippen LogP contribution is -2.09. The molecule has 28 heavy (non-hydrogen) atoms. The van der Waals surface area contributed by atoms with Crippen molar-refractivity contribution in [3.8, 4) is 0 Å². The molecule has 0 aliphatic heterocycles. The van der Waals surface area contributed by atoms with Gasteiger partial charge >= 0.3 is 0 Å². The fraction of sp³-hybridized carbons (Fsp3) is 0.462. The fourth-order valence-corrected chi connectivity index (χ4v) is 5.69. The van der Waals surface area contributed by atoms with E-state index >= 15 is 0 Å². The zero-order valence-corrected chi connectivity index (χ0v) is 18.5. The van der Waals surface area contributed by atoms with Gasteiger partial charge in [-0.2, -0.15) is 0 Å². The SMILES string of the molecule is S/C(=C(\S)c1cc(C2CCCCC2)ccc1C1CCCCC1)c1ccccc1. The predicted octanol–water partition coefficient (Wildman–Crippen LogP) is 8.47. The van der Waals surface area contributed by atoms with Crippen LogP contribution in [0.25, 0.3) is 9.81 Å². The van der Waals surface area contributed by atoms with Crippen LogP contribution in [0.4, 0.5) is 0 Å². The average molecular weight is 409 g/mol. The van der Waals surface area contributed by atoms with E-state index in [2.05, 4.69) is 48.5 Å². The molecular formula is C26H32S2. The number of benzene rings is 2. The summed E-state index contributed by atoms with van der Waals surface area (Å²) in [6, 6.07) is 17.8. The van der Waals surface area contributed by atoms with Gasteiger partial charge in [0.15, 0.2) is 0 Å². The quantitative estimate of drug-likeness (QED) is 0.368. The van der Waals surface area contributed by atoms with Gasteiger partial charge in [-0.05, 0) is 59.8 Å². The monoisotopic (exact) mass is 408 g/mol. The molecule has 0 saturated heterocycles. The molecule has 0 amide bonds. The lowest BCUT2D eigenvalue weighted by Gasteiger charge is -2.27. The second-order valence-corrected chi connectivity index (χ2v) is 9.47. The smallest absolute Gasteiger partial charge is 0.0256 e. The first-order chi connectivity index (χ1) is 13.7. The van der Waals surface area contributed by atoms with Crippen molar-refractivity contribution in [3.63, 3.8) is 0 Å². The van der Waals surface area contributed by atoms with E-state index in [1.54, 1.807) is 0 Å². The average Bonchev–Trinajstić information content (AvgIpc) is 2.79. The van der Waals surface area contributed by atoms with Gasteiger partial charge in [0.1, 0.15) is 0 Å². The maximum absolute atomic E-state index is 5.03. The summed E-state index contributed by atoms with van der Waals surface area (Å²) in [6.07, 6.45) is 13.5. The van der Waals surface area contributed by atoms with Crippen LogP contribution in [0.1, 0.15) is 98.3 Å². The molecule has 0 unspecified atom stereocenters. The molecule has 148 valence electrons. The van der Waals surface area contributed by atoms with Crippen molar-refractivity contribution in [1.82, 2.24) is 0 Å². The molecule has 0 heterocycles. The summed E-state index contributed by atoms with van der Waals surface area (Å²) >= 11 is 9.93. The molecule has 0 nitrogen and oxygen atoms in total. The highest BCUT2D eigenvalue weighted by molar-refractivity contribution is 7.96. The Kier molecular flexibility index (Phi) is 6.90. The summed E-state index contributed by atoms with van der Waals surface area (Å²) in [6.45, 7) is 0. The standard InChI is InChI=1S/C26H32S2/c27-25(21-14-8-3-9-15-21)26(28)24-18-22(19-10-4-1-5-11-19)16-17-23(24)20-12-6-2-7-13-20/h3,8-9,14-20,27-28H,1-2,4-7,10-13H2/b26-25-. The number of hydrogen-bond donors (Lipinski definition) is 2. The third-order valence-corrected chi connectivity index (χ3v) is 7.85. The summed E-state index contributed by atoms with van der Waals surface area (Å²) in [5, 5.41) is 0. The Balaban J connectivity index is 1.76. The van der Waals surface area contributed by atoms with Crippen LogP contribution in [0.5, 0.6) is 0 Å². The Hall–Kier alpha value is -1.12. The molecule has 0 radical (unpaired) electrons. The molecule has 2 aromatic rings. The van der Waals surface area contributed by atoms with Gasteiger partial charge in [0.05, 0.1) is 0 Å². The minimum Gasteiger partial charge on any atom is -0.142 e. The van der Waals surface area contributed by atoms with Crippen molar-refractivity contribution in [2.45, 2.75) is 76.0 Å². The van der Waals surface area contributed by atoms with Crippen LogP contribution in [0.2, 0.25) is 0 Å². The minimum atomic E-state index is 0.670. The van der Waals surface area contributed by atoms with E-state index < -0.39 is 0 Å². The van der Waals surface area contributed by atoms with Crippen molar-refractivity contribution in [3.05, 3.63) is 70.8 Å². The molecule has 0 aromatic heterocycles. The Labute approximate surface area is 181 Å². The molecule has 2 saturated carbocycles. The summed E-state index contributed by atoms with van der Waals surface area (Å²) in [7, 11) is 0. The van der Waals surface area contributed by atoms with E-state index in [0.29, 0.717) is 11.8 Å². The van der Waals surface area contributed by atoms with E-state index in [0.717, 1.165) is 15.4 Å². The Morgan fingerprint density at radius 1 is 0.643 bits per heavy atom. The molecule has 2 aliphatic rings. The zero-order chi connectivity index (χ0) is 19.3. The van der Waals surface area contributed by atoms with Crippen LogP contribution in [0.3, 0.4) is 0 Å². The van der Waals surface area contributed by atoms with E-state index in [1.807, 2.05) is 0 Å². The molecule has 2 aliphatic carbocycles. The Bertz CT molecular complexity index is 810. The van der Waals surface area contributed by atoms with Crippen LogP contribution in [-0.4, -0.2) is 0 Å². The van der Waals surface area contributed by atoms with Crippen molar-refractivity contribution in [2.75, 3.05) is 0 Å². The van der Waals surface area contributed by atoms with Gasteiger partial charge in [-0.25, -0.2) is 0 Å². The van der Waals surface area contributed by atoms with Crippen molar-refractivity contribution in [1.29, 1.82) is 0 Å². The third-order valence-electron chi connectivity index (χ3n) is 6.73. The molecule has 2 aromatic carbocycles. The van der Waals surface area contributed by atoms with E-state index in [9.17, 15) is 0 Å². The van der Waals surface area contributed by atoms with Gasteiger partial charge in [-0.15, -0.1) is 25.3 Å². The van der Waals surface area contributed by atoms with E-state index in [4.69, 9.17) is 25.3 Å². The van der Waals surface area contributed by atoms with Crippen LogP contribution >= 0.6 is 25.3 Å². The summed E-state index contributed by atoms with van der Waals surface area (Å²) in [5.41, 5.74) is 5.47. The highest BCUT2D eigenvalue weighted by atomic mass is 32.1. The van der Waals surface area contributed by atoms with E-state index in [1.165, 1.54) is 80.9 Å². The topological polar surface area (TPSA) is 0 Å². The van der Waals surface area contributed by atoms with E-state index in [-0.39, 0.29) is 0 Å². The summed E-state index contributed by atoms with van der Waals surface area (Å²) < 4.78 is 0. The molecular weight excluding hydrogens is 376 g/mol.